The van der Waals surface area contributed by atoms with Gasteiger partial charge in [-0.3, -0.25) is 4.98 Å². The molecule has 4 aromatic heterocycles. The van der Waals surface area contributed by atoms with Crippen LogP contribution in [0.4, 0.5) is 0 Å². The smallest absolute Gasteiger partial charge is 0.127 e. The first-order valence-corrected chi connectivity index (χ1v) is 12.6. The Hall–Kier alpha value is -3.40. The van der Waals surface area contributed by atoms with Gasteiger partial charge in [-0.25, -0.2) is 0 Å². The van der Waals surface area contributed by atoms with Gasteiger partial charge in [0.1, 0.15) is 5.65 Å². The van der Waals surface area contributed by atoms with Crippen molar-refractivity contribution in [3.63, 3.8) is 0 Å². The van der Waals surface area contributed by atoms with E-state index in [1.807, 2.05) is 66.9 Å². The quantitative estimate of drug-likeness (QED) is 0.166. The van der Waals surface area contributed by atoms with Gasteiger partial charge in [0.2, 0.25) is 0 Å². The molecule has 0 spiro atoms. The van der Waals surface area contributed by atoms with Crippen LogP contribution in [0.3, 0.4) is 0 Å². The molecule has 38 heavy (non-hydrogen) atoms. The van der Waals surface area contributed by atoms with E-state index >= 15 is 0 Å². The molecule has 0 aliphatic carbocycles. The minimum absolute atomic E-state index is 0. The molecule has 2 aromatic carbocycles. The van der Waals surface area contributed by atoms with Crippen LogP contribution in [-0.4, -0.2) is 19.4 Å². The van der Waals surface area contributed by atoms with Crippen LogP contribution in [0, 0.1) is 12.1 Å². The van der Waals surface area contributed by atoms with E-state index in [0.717, 1.165) is 44.5 Å². The molecule has 4 nitrogen and oxygen atoms in total. The van der Waals surface area contributed by atoms with E-state index in [-0.39, 0.29) is 30.9 Å². The van der Waals surface area contributed by atoms with Crippen molar-refractivity contribution in [2.24, 2.45) is 0 Å². The number of hydrogen-bond acceptors (Lipinski definition) is 3. The molecule has 4 heterocycles. The van der Waals surface area contributed by atoms with E-state index in [1.165, 1.54) is 5.56 Å². The molecular formula is C33H32IrN4-2. The molecule has 6 aromatic rings. The summed E-state index contributed by atoms with van der Waals surface area (Å²) < 4.78 is 2.13. The van der Waals surface area contributed by atoms with E-state index in [4.69, 9.17) is 9.97 Å². The predicted octanol–water partition coefficient (Wildman–Crippen LogP) is 7.98. The molecule has 0 atom stereocenters. The number of fused-ring (bicyclic) bond motifs is 5. The van der Waals surface area contributed by atoms with Crippen molar-refractivity contribution in [2.75, 3.05) is 0 Å². The van der Waals surface area contributed by atoms with Crippen LogP contribution in [0.1, 0.15) is 52.8 Å². The Morgan fingerprint density at radius 1 is 0.763 bits per heavy atom. The number of hydrogen-bond donors (Lipinski definition) is 0. The number of imidazole rings is 1. The second-order valence-corrected chi connectivity index (χ2v) is 11.3. The molecular weight excluding hydrogens is 645 g/mol. The minimum atomic E-state index is -0.0475. The van der Waals surface area contributed by atoms with Gasteiger partial charge in [0, 0.05) is 43.4 Å². The van der Waals surface area contributed by atoms with Crippen LogP contribution in [0.5, 0.6) is 0 Å². The van der Waals surface area contributed by atoms with Crippen LogP contribution in [-0.2, 0) is 30.9 Å². The maximum atomic E-state index is 4.90. The normalized spacial score (nSPS) is 11.7. The van der Waals surface area contributed by atoms with Gasteiger partial charge in [-0.05, 0) is 40.4 Å². The Bertz CT molecular complexity index is 1690. The van der Waals surface area contributed by atoms with Crippen LogP contribution in [0.15, 0.2) is 85.2 Å². The number of aromatic nitrogens is 4. The second kappa shape index (κ2) is 10.8. The van der Waals surface area contributed by atoms with Crippen LogP contribution < -0.4 is 0 Å². The summed E-state index contributed by atoms with van der Waals surface area (Å²) in [5.41, 5.74) is 8.51. The summed E-state index contributed by atoms with van der Waals surface area (Å²) in [4.78, 5) is 14.1. The standard InChI is InChI=1S/C18H16N3.C15H16N.Ir/c1-18(2,3)17-16-15(12-8-4-5-9-13(12)19-17)20-14-10-6-7-11-21(14)16;1-15(2,3)13-9-10-16-14(11-13)12-7-5-4-6-8-12;/h4-7,9-11H,1-3H3;4-7,9-11H,1-3H3;/q2*-1;. The Kier molecular flexibility index (Phi) is 7.83. The zero-order chi connectivity index (χ0) is 26.2. The molecule has 0 unspecified atom stereocenters. The maximum absolute atomic E-state index is 4.90. The average Bonchev–Trinajstić information content (AvgIpc) is 3.28. The van der Waals surface area contributed by atoms with Crippen molar-refractivity contribution in [3.05, 3.63) is 109 Å². The molecule has 0 saturated carbocycles. The third-order valence-electron chi connectivity index (χ3n) is 6.38. The van der Waals surface area contributed by atoms with Crippen LogP contribution >= 0.6 is 0 Å². The summed E-state index contributed by atoms with van der Waals surface area (Å²) in [7, 11) is 0. The van der Waals surface area contributed by atoms with Gasteiger partial charge < -0.3 is 14.4 Å². The first-order valence-electron chi connectivity index (χ1n) is 12.6. The van der Waals surface area contributed by atoms with Crippen molar-refractivity contribution < 1.29 is 20.1 Å². The van der Waals surface area contributed by atoms with E-state index in [2.05, 4.69) is 81.4 Å². The average molecular weight is 677 g/mol. The fraction of sp³-hybridized carbons (Fsp3) is 0.242. The molecule has 195 valence electrons. The monoisotopic (exact) mass is 677 g/mol. The van der Waals surface area contributed by atoms with Gasteiger partial charge in [0.15, 0.2) is 0 Å². The van der Waals surface area contributed by atoms with Gasteiger partial charge in [-0.1, -0.05) is 59.1 Å². The van der Waals surface area contributed by atoms with Gasteiger partial charge in [0.25, 0.3) is 0 Å². The summed E-state index contributed by atoms with van der Waals surface area (Å²) in [5.74, 6) is 0. The molecule has 0 saturated heterocycles. The minimum Gasteiger partial charge on any atom is -0.307 e. The van der Waals surface area contributed by atoms with E-state index in [1.54, 1.807) is 0 Å². The van der Waals surface area contributed by atoms with E-state index in [9.17, 15) is 0 Å². The zero-order valence-corrected chi connectivity index (χ0v) is 25.1. The van der Waals surface area contributed by atoms with Gasteiger partial charge >= 0.3 is 0 Å². The first-order chi connectivity index (χ1) is 17.6. The second-order valence-electron chi connectivity index (χ2n) is 11.3. The Morgan fingerprint density at radius 3 is 2.24 bits per heavy atom. The number of pyridine rings is 3. The molecule has 0 N–H and O–H groups in total. The number of nitrogens with zero attached hydrogens (tertiary/aromatic N) is 4. The number of benzene rings is 2. The van der Waals surface area contributed by atoms with E-state index < -0.39 is 0 Å². The number of rotatable bonds is 1. The van der Waals surface area contributed by atoms with Crippen molar-refractivity contribution in [3.8, 4) is 11.3 Å². The summed E-state index contributed by atoms with van der Waals surface area (Å²) >= 11 is 0. The van der Waals surface area contributed by atoms with E-state index in [0.29, 0.717) is 0 Å². The Balaban J connectivity index is 0.000000179. The van der Waals surface area contributed by atoms with Crippen molar-refractivity contribution in [1.29, 1.82) is 0 Å². The molecule has 0 aliphatic rings. The third kappa shape index (κ3) is 5.55. The zero-order valence-electron chi connectivity index (χ0n) is 22.7. The molecule has 0 fully saturated rings. The maximum Gasteiger partial charge on any atom is 0.127 e. The molecule has 0 bridgehead atoms. The Labute approximate surface area is 238 Å². The summed E-state index contributed by atoms with van der Waals surface area (Å²) in [6, 6.07) is 30.6. The van der Waals surface area contributed by atoms with Crippen LogP contribution in [0.25, 0.3) is 38.8 Å². The summed E-state index contributed by atoms with van der Waals surface area (Å²) in [5, 5.41) is 0.990. The molecule has 6 rings (SSSR count). The van der Waals surface area contributed by atoms with Gasteiger partial charge in [0.05, 0.1) is 11.2 Å². The topological polar surface area (TPSA) is 43.1 Å². The van der Waals surface area contributed by atoms with Crippen molar-refractivity contribution in [2.45, 2.75) is 52.4 Å². The summed E-state index contributed by atoms with van der Waals surface area (Å²) in [6.07, 6.45) is 3.92. The third-order valence-corrected chi connectivity index (χ3v) is 6.38. The first kappa shape index (κ1) is 27.6. The fourth-order valence-electron chi connectivity index (χ4n) is 4.40. The SMILES string of the molecule is CC(C)(C)c1ccnc(-c2[c-]cccc2)c1.CC(C)(C)c1nc2ccc[c-]c2c2nc3ccccn3c12.[Ir]. The molecule has 1 radical (unpaired) electrons. The molecule has 0 aliphatic heterocycles. The predicted molar refractivity (Wildman–Crippen MR) is 153 cm³/mol. The fourth-order valence-corrected chi connectivity index (χ4v) is 4.40. The van der Waals surface area contributed by atoms with Crippen LogP contribution in [0.2, 0.25) is 0 Å². The van der Waals surface area contributed by atoms with Gasteiger partial charge in [-0.15, -0.1) is 60.2 Å². The van der Waals surface area contributed by atoms with Gasteiger partial charge in [-0.2, -0.15) is 0 Å². The summed E-state index contributed by atoms with van der Waals surface area (Å²) in [6.45, 7) is 13.2. The van der Waals surface area contributed by atoms with Crippen molar-refractivity contribution >= 4 is 27.6 Å². The largest absolute Gasteiger partial charge is 0.307 e. The Morgan fingerprint density at radius 2 is 1.53 bits per heavy atom. The molecule has 5 heteroatoms. The van der Waals surface area contributed by atoms with Crippen molar-refractivity contribution in [1.82, 2.24) is 19.4 Å². The molecule has 0 amide bonds.